The van der Waals surface area contributed by atoms with Gasteiger partial charge in [0, 0.05) is 38.3 Å². The Morgan fingerprint density at radius 3 is 2.42 bits per heavy atom. The third kappa shape index (κ3) is 3.29. The van der Waals surface area contributed by atoms with Crippen LogP contribution in [0.15, 0.2) is 24.3 Å². The molecule has 1 aromatic rings. The van der Waals surface area contributed by atoms with Gasteiger partial charge in [-0.3, -0.25) is 9.59 Å². The van der Waals surface area contributed by atoms with E-state index in [1.54, 1.807) is 18.2 Å². The molecule has 2 aliphatic rings. The van der Waals surface area contributed by atoms with Crippen LogP contribution >= 0.6 is 0 Å². The molecule has 0 spiro atoms. The standard InChI is InChI=1S/C18H24FN3O2/c1-2-21-9-11-22(12-10-21)17(24)18(7-8-18)16(23)20-13-14-5-3-4-6-15(14)19/h3-6H,2,7-13H2,1H3,(H,20,23). The smallest absolute Gasteiger partial charge is 0.238 e. The van der Waals surface area contributed by atoms with E-state index in [1.807, 2.05) is 4.90 Å². The second kappa shape index (κ2) is 6.89. The Morgan fingerprint density at radius 1 is 1.17 bits per heavy atom. The van der Waals surface area contributed by atoms with E-state index in [4.69, 9.17) is 0 Å². The fourth-order valence-corrected chi connectivity index (χ4v) is 3.22. The molecular weight excluding hydrogens is 309 g/mol. The predicted molar refractivity (Wildman–Crippen MR) is 88.6 cm³/mol. The minimum absolute atomic E-state index is 0.0655. The number of benzene rings is 1. The first-order valence-electron chi connectivity index (χ1n) is 8.60. The summed E-state index contributed by atoms with van der Waals surface area (Å²) >= 11 is 0. The zero-order valence-electron chi connectivity index (χ0n) is 14.1. The van der Waals surface area contributed by atoms with E-state index < -0.39 is 5.41 Å². The Bertz CT molecular complexity index is 622. The first kappa shape index (κ1) is 16.9. The van der Waals surface area contributed by atoms with E-state index in [-0.39, 0.29) is 24.2 Å². The van der Waals surface area contributed by atoms with Crippen molar-refractivity contribution in [1.29, 1.82) is 0 Å². The molecule has 1 heterocycles. The molecule has 0 aromatic heterocycles. The maximum atomic E-state index is 13.6. The third-order valence-electron chi connectivity index (χ3n) is 5.10. The van der Waals surface area contributed by atoms with Gasteiger partial charge in [0.25, 0.3) is 0 Å². The largest absolute Gasteiger partial charge is 0.351 e. The second-order valence-corrected chi connectivity index (χ2v) is 6.58. The summed E-state index contributed by atoms with van der Waals surface area (Å²) in [5.74, 6) is -0.678. The number of piperazine rings is 1. The minimum atomic E-state index is -0.917. The molecule has 24 heavy (non-hydrogen) atoms. The van der Waals surface area contributed by atoms with Crippen molar-refractivity contribution in [1.82, 2.24) is 15.1 Å². The molecule has 2 fully saturated rings. The number of amides is 2. The van der Waals surface area contributed by atoms with E-state index >= 15 is 0 Å². The van der Waals surface area contributed by atoms with Crippen molar-refractivity contribution in [2.45, 2.75) is 26.3 Å². The number of carbonyl (C=O) groups is 2. The van der Waals surface area contributed by atoms with Gasteiger partial charge in [-0.1, -0.05) is 25.1 Å². The Balaban J connectivity index is 1.58. The van der Waals surface area contributed by atoms with E-state index in [9.17, 15) is 14.0 Å². The summed E-state index contributed by atoms with van der Waals surface area (Å²) in [6.45, 7) is 6.27. The molecule has 0 unspecified atom stereocenters. The lowest BCUT2D eigenvalue weighted by atomic mass is 10.0. The van der Waals surface area contributed by atoms with Gasteiger partial charge in [0.05, 0.1) is 0 Å². The summed E-state index contributed by atoms with van der Waals surface area (Å²) in [7, 11) is 0. The van der Waals surface area contributed by atoms with Crippen molar-refractivity contribution in [2.75, 3.05) is 32.7 Å². The van der Waals surface area contributed by atoms with Crippen LogP contribution in [0.5, 0.6) is 0 Å². The molecule has 0 bridgehead atoms. The van der Waals surface area contributed by atoms with Crippen LogP contribution in [-0.4, -0.2) is 54.3 Å². The van der Waals surface area contributed by atoms with E-state index in [1.165, 1.54) is 6.07 Å². The van der Waals surface area contributed by atoms with Crippen molar-refractivity contribution in [3.63, 3.8) is 0 Å². The van der Waals surface area contributed by atoms with E-state index in [2.05, 4.69) is 17.1 Å². The van der Waals surface area contributed by atoms with E-state index in [0.29, 0.717) is 31.5 Å². The maximum absolute atomic E-state index is 13.6. The van der Waals surface area contributed by atoms with Crippen LogP contribution in [0.25, 0.3) is 0 Å². The summed E-state index contributed by atoms with van der Waals surface area (Å²) in [6, 6.07) is 6.35. The average molecular weight is 333 g/mol. The lowest BCUT2D eigenvalue weighted by molar-refractivity contribution is -0.145. The van der Waals surface area contributed by atoms with Gasteiger partial charge in [-0.25, -0.2) is 4.39 Å². The number of hydrogen-bond acceptors (Lipinski definition) is 3. The number of rotatable bonds is 5. The van der Waals surface area contributed by atoms with Crippen LogP contribution < -0.4 is 5.32 Å². The molecule has 0 atom stereocenters. The van der Waals surface area contributed by atoms with Gasteiger partial charge in [-0.15, -0.1) is 0 Å². The molecule has 130 valence electrons. The quantitative estimate of drug-likeness (QED) is 0.829. The van der Waals surface area contributed by atoms with Crippen LogP contribution in [0.4, 0.5) is 4.39 Å². The number of likely N-dealkylation sites (N-methyl/N-ethyl adjacent to an activating group) is 1. The van der Waals surface area contributed by atoms with Gasteiger partial charge < -0.3 is 15.1 Å². The predicted octanol–water partition coefficient (Wildman–Crippen LogP) is 1.39. The summed E-state index contributed by atoms with van der Waals surface area (Å²) in [5, 5.41) is 2.75. The SMILES string of the molecule is CCN1CCN(C(=O)C2(C(=O)NCc3ccccc3F)CC2)CC1. The molecule has 2 amide bonds. The summed E-state index contributed by atoms with van der Waals surface area (Å²) < 4.78 is 13.6. The Labute approximate surface area is 141 Å². The van der Waals surface area contributed by atoms with Crippen molar-refractivity contribution in [3.8, 4) is 0 Å². The Kier molecular flexibility index (Phi) is 4.85. The molecule has 1 N–H and O–H groups in total. The van der Waals surface area contributed by atoms with E-state index in [0.717, 1.165) is 19.6 Å². The first-order valence-corrected chi connectivity index (χ1v) is 8.60. The van der Waals surface area contributed by atoms with Crippen molar-refractivity contribution < 1.29 is 14.0 Å². The molecule has 1 saturated carbocycles. The van der Waals surface area contributed by atoms with Crippen molar-refractivity contribution in [3.05, 3.63) is 35.6 Å². The molecular formula is C18H24FN3O2. The fourth-order valence-electron chi connectivity index (χ4n) is 3.22. The average Bonchev–Trinajstić information content (AvgIpc) is 3.42. The molecule has 1 aliphatic carbocycles. The molecule has 3 rings (SSSR count). The van der Waals surface area contributed by atoms with Gasteiger partial charge in [-0.2, -0.15) is 0 Å². The Hall–Kier alpha value is -1.95. The number of nitrogens with one attached hydrogen (secondary N) is 1. The highest BCUT2D eigenvalue weighted by atomic mass is 19.1. The van der Waals surface area contributed by atoms with Crippen LogP contribution in [0, 0.1) is 11.2 Å². The zero-order valence-corrected chi connectivity index (χ0v) is 14.1. The van der Waals surface area contributed by atoms with Crippen molar-refractivity contribution >= 4 is 11.8 Å². The number of halogens is 1. The Morgan fingerprint density at radius 2 is 1.83 bits per heavy atom. The lowest BCUT2D eigenvalue weighted by Gasteiger charge is -2.35. The number of nitrogens with zero attached hydrogens (tertiary/aromatic N) is 2. The molecule has 5 nitrogen and oxygen atoms in total. The number of hydrogen-bond donors (Lipinski definition) is 1. The van der Waals surface area contributed by atoms with Gasteiger partial charge in [-0.05, 0) is 25.5 Å². The van der Waals surface area contributed by atoms with Crippen molar-refractivity contribution in [2.24, 2.45) is 5.41 Å². The van der Waals surface area contributed by atoms with Gasteiger partial charge >= 0.3 is 0 Å². The summed E-state index contributed by atoms with van der Waals surface area (Å²) in [4.78, 5) is 29.4. The topological polar surface area (TPSA) is 52.7 Å². The normalized spacial score (nSPS) is 19.8. The molecule has 0 radical (unpaired) electrons. The van der Waals surface area contributed by atoms with Crippen LogP contribution in [0.3, 0.4) is 0 Å². The number of carbonyl (C=O) groups excluding carboxylic acids is 2. The lowest BCUT2D eigenvalue weighted by Crippen LogP contribution is -2.53. The minimum Gasteiger partial charge on any atom is -0.351 e. The van der Waals surface area contributed by atoms with Crippen LogP contribution in [0.1, 0.15) is 25.3 Å². The highest BCUT2D eigenvalue weighted by Gasteiger charge is 2.58. The summed E-state index contributed by atoms with van der Waals surface area (Å²) in [6.07, 6.45) is 1.17. The summed E-state index contributed by atoms with van der Waals surface area (Å²) in [5.41, 5.74) is -0.481. The van der Waals surface area contributed by atoms with Crippen LogP contribution in [-0.2, 0) is 16.1 Å². The molecule has 1 aliphatic heterocycles. The first-order chi connectivity index (χ1) is 11.6. The molecule has 6 heteroatoms. The van der Waals surface area contributed by atoms with Gasteiger partial charge in [0.15, 0.2) is 0 Å². The third-order valence-corrected chi connectivity index (χ3v) is 5.10. The highest BCUT2D eigenvalue weighted by Crippen LogP contribution is 2.47. The van der Waals surface area contributed by atoms with Crippen LogP contribution in [0.2, 0.25) is 0 Å². The molecule has 1 aromatic carbocycles. The highest BCUT2D eigenvalue weighted by molar-refractivity contribution is 6.07. The second-order valence-electron chi connectivity index (χ2n) is 6.58. The van der Waals surface area contributed by atoms with Gasteiger partial charge in [0.2, 0.25) is 11.8 Å². The molecule has 1 saturated heterocycles. The monoisotopic (exact) mass is 333 g/mol. The maximum Gasteiger partial charge on any atom is 0.238 e. The van der Waals surface area contributed by atoms with Gasteiger partial charge in [0.1, 0.15) is 11.2 Å². The zero-order chi connectivity index (χ0) is 17.2. The fraction of sp³-hybridized carbons (Fsp3) is 0.556.